The molecule has 0 saturated carbocycles. The highest BCUT2D eigenvalue weighted by molar-refractivity contribution is 7.85. The maximum Gasteiger partial charge on any atom is 0.317 e. The second kappa shape index (κ2) is 7.13. The molecule has 2 aliphatic heterocycles. The van der Waals surface area contributed by atoms with Crippen molar-refractivity contribution in [3.8, 4) is 0 Å². The maximum absolute atomic E-state index is 12.4. The van der Waals surface area contributed by atoms with Gasteiger partial charge in [0.15, 0.2) is 0 Å². The molecule has 0 radical (unpaired) electrons. The standard InChI is InChI=1S/C16H23N3O2S/c20-16(17-14-7-12-22(21)13-14)19-9-4-8-18(10-11-19)15-5-2-1-3-6-15/h1-3,5-6,14H,4,7-13H2,(H,17,20)/t14-,22-/m0/s1. The summed E-state index contributed by atoms with van der Waals surface area (Å²) in [4.78, 5) is 16.6. The van der Waals surface area contributed by atoms with E-state index in [1.165, 1.54) is 5.69 Å². The van der Waals surface area contributed by atoms with Gasteiger partial charge >= 0.3 is 6.03 Å². The van der Waals surface area contributed by atoms with Gasteiger partial charge in [-0.25, -0.2) is 4.79 Å². The Labute approximate surface area is 134 Å². The Balaban J connectivity index is 1.53. The summed E-state index contributed by atoms with van der Waals surface area (Å²) in [7, 11) is -0.750. The third kappa shape index (κ3) is 3.80. The Morgan fingerprint density at radius 1 is 1.14 bits per heavy atom. The first kappa shape index (κ1) is 15.3. The SMILES string of the molecule is O=C(N[C@H]1CC[S@](=O)C1)N1CCCN(c2ccccc2)CC1. The summed E-state index contributed by atoms with van der Waals surface area (Å²) >= 11 is 0. The number of carbonyl (C=O) groups is 1. The van der Waals surface area contributed by atoms with Crippen LogP contribution in [0, 0.1) is 0 Å². The molecule has 2 saturated heterocycles. The van der Waals surface area contributed by atoms with Gasteiger partial charge in [-0.1, -0.05) is 18.2 Å². The number of carbonyl (C=O) groups excluding carboxylic acids is 1. The fraction of sp³-hybridized carbons (Fsp3) is 0.562. The monoisotopic (exact) mass is 321 g/mol. The summed E-state index contributed by atoms with van der Waals surface area (Å²) < 4.78 is 11.4. The lowest BCUT2D eigenvalue weighted by Crippen LogP contribution is -2.46. The summed E-state index contributed by atoms with van der Waals surface area (Å²) in [5.41, 5.74) is 1.22. The van der Waals surface area contributed by atoms with Crippen molar-refractivity contribution in [3.63, 3.8) is 0 Å². The molecular formula is C16H23N3O2S. The molecule has 1 aromatic carbocycles. The predicted molar refractivity (Wildman–Crippen MR) is 89.7 cm³/mol. The molecule has 2 fully saturated rings. The van der Waals surface area contributed by atoms with Crippen LogP contribution in [0.25, 0.3) is 0 Å². The van der Waals surface area contributed by atoms with E-state index in [9.17, 15) is 9.00 Å². The average Bonchev–Trinajstić information content (AvgIpc) is 2.80. The van der Waals surface area contributed by atoms with E-state index in [1.54, 1.807) is 0 Å². The lowest BCUT2D eigenvalue weighted by atomic mass is 10.3. The summed E-state index contributed by atoms with van der Waals surface area (Å²) in [5, 5.41) is 3.04. The number of hydrogen-bond acceptors (Lipinski definition) is 3. The molecule has 120 valence electrons. The van der Waals surface area contributed by atoms with E-state index in [0.29, 0.717) is 11.5 Å². The lowest BCUT2D eigenvalue weighted by molar-refractivity contribution is 0.198. The van der Waals surface area contributed by atoms with Gasteiger partial charge in [-0.3, -0.25) is 4.21 Å². The molecule has 0 aliphatic carbocycles. The molecule has 3 rings (SSSR count). The van der Waals surface area contributed by atoms with Crippen LogP contribution in [0.4, 0.5) is 10.5 Å². The van der Waals surface area contributed by atoms with Gasteiger partial charge in [-0.2, -0.15) is 0 Å². The van der Waals surface area contributed by atoms with E-state index in [2.05, 4.69) is 22.3 Å². The van der Waals surface area contributed by atoms with Crippen molar-refractivity contribution in [2.45, 2.75) is 18.9 Å². The Kier molecular flexibility index (Phi) is 4.97. The number of nitrogens with zero attached hydrogens (tertiary/aromatic N) is 2. The number of hydrogen-bond donors (Lipinski definition) is 1. The van der Waals surface area contributed by atoms with Crippen molar-refractivity contribution < 1.29 is 9.00 Å². The molecule has 0 aromatic heterocycles. The van der Waals surface area contributed by atoms with Gasteiger partial charge in [0.1, 0.15) is 0 Å². The van der Waals surface area contributed by atoms with Gasteiger partial charge in [-0.15, -0.1) is 0 Å². The van der Waals surface area contributed by atoms with Gasteiger partial charge in [-0.05, 0) is 25.0 Å². The topological polar surface area (TPSA) is 52.7 Å². The summed E-state index contributed by atoms with van der Waals surface area (Å²) in [6.07, 6.45) is 1.81. The first-order valence-electron chi connectivity index (χ1n) is 7.93. The van der Waals surface area contributed by atoms with Gasteiger partial charge in [0.25, 0.3) is 0 Å². The van der Waals surface area contributed by atoms with E-state index >= 15 is 0 Å². The minimum atomic E-state index is -0.750. The third-order valence-electron chi connectivity index (χ3n) is 4.31. The molecule has 0 bridgehead atoms. The first-order valence-corrected chi connectivity index (χ1v) is 9.41. The maximum atomic E-state index is 12.4. The van der Waals surface area contributed by atoms with Gasteiger partial charge < -0.3 is 15.1 Å². The van der Waals surface area contributed by atoms with Crippen LogP contribution in [0.5, 0.6) is 0 Å². The number of urea groups is 1. The minimum Gasteiger partial charge on any atom is -0.370 e. The fourth-order valence-electron chi connectivity index (χ4n) is 3.06. The highest BCUT2D eigenvalue weighted by Gasteiger charge is 2.25. The van der Waals surface area contributed by atoms with Crippen LogP contribution in [0.1, 0.15) is 12.8 Å². The van der Waals surface area contributed by atoms with Crippen LogP contribution in [-0.2, 0) is 10.8 Å². The van der Waals surface area contributed by atoms with E-state index in [1.807, 2.05) is 23.1 Å². The Morgan fingerprint density at radius 2 is 1.95 bits per heavy atom. The predicted octanol–water partition coefficient (Wildman–Crippen LogP) is 1.43. The van der Waals surface area contributed by atoms with Crippen LogP contribution < -0.4 is 10.2 Å². The van der Waals surface area contributed by atoms with E-state index in [-0.39, 0.29) is 12.1 Å². The first-order chi connectivity index (χ1) is 10.7. The highest BCUT2D eigenvalue weighted by Crippen LogP contribution is 2.16. The summed E-state index contributed by atoms with van der Waals surface area (Å²) in [6, 6.07) is 10.4. The van der Waals surface area contributed by atoms with Crippen molar-refractivity contribution in [2.75, 3.05) is 42.6 Å². The molecule has 0 spiro atoms. The van der Waals surface area contributed by atoms with Crippen molar-refractivity contribution in [3.05, 3.63) is 30.3 Å². The minimum absolute atomic E-state index is 0.00110. The summed E-state index contributed by atoms with van der Waals surface area (Å²) in [5.74, 6) is 1.32. The summed E-state index contributed by atoms with van der Waals surface area (Å²) in [6.45, 7) is 3.34. The number of rotatable bonds is 2. The van der Waals surface area contributed by atoms with Crippen molar-refractivity contribution in [2.24, 2.45) is 0 Å². The van der Waals surface area contributed by atoms with Gasteiger partial charge in [0, 0.05) is 60.2 Å². The van der Waals surface area contributed by atoms with Crippen molar-refractivity contribution in [1.29, 1.82) is 0 Å². The Hall–Kier alpha value is -1.56. The Bertz CT molecular complexity index is 537. The molecule has 2 aliphatic rings. The zero-order valence-corrected chi connectivity index (χ0v) is 13.6. The molecule has 2 heterocycles. The van der Waals surface area contributed by atoms with Crippen molar-refractivity contribution >= 4 is 22.5 Å². The largest absolute Gasteiger partial charge is 0.370 e. The van der Waals surface area contributed by atoms with Crippen LogP contribution in [0.3, 0.4) is 0 Å². The average molecular weight is 321 g/mol. The lowest BCUT2D eigenvalue weighted by Gasteiger charge is -2.24. The second-order valence-corrected chi connectivity index (χ2v) is 7.53. The quantitative estimate of drug-likeness (QED) is 0.896. The van der Waals surface area contributed by atoms with Gasteiger partial charge in [0.05, 0.1) is 0 Å². The Morgan fingerprint density at radius 3 is 2.68 bits per heavy atom. The van der Waals surface area contributed by atoms with Crippen LogP contribution in [-0.4, -0.2) is 58.9 Å². The van der Waals surface area contributed by atoms with Crippen LogP contribution in [0.2, 0.25) is 0 Å². The van der Waals surface area contributed by atoms with Crippen LogP contribution >= 0.6 is 0 Å². The highest BCUT2D eigenvalue weighted by atomic mass is 32.2. The van der Waals surface area contributed by atoms with E-state index < -0.39 is 10.8 Å². The van der Waals surface area contributed by atoms with Crippen LogP contribution in [0.15, 0.2) is 30.3 Å². The molecule has 22 heavy (non-hydrogen) atoms. The molecule has 5 nitrogen and oxygen atoms in total. The normalized spacial score (nSPS) is 25.8. The molecule has 1 N–H and O–H groups in total. The number of anilines is 1. The van der Waals surface area contributed by atoms with E-state index in [0.717, 1.165) is 39.0 Å². The number of amides is 2. The van der Waals surface area contributed by atoms with Crippen molar-refractivity contribution in [1.82, 2.24) is 10.2 Å². The zero-order valence-electron chi connectivity index (χ0n) is 12.7. The fourth-order valence-corrected chi connectivity index (χ4v) is 4.47. The number of nitrogens with one attached hydrogen (secondary N) is 1. The second-order valence-electron chi connectivity index (χ2n) is 5.91. The molecule has 0 unspecified atom stereocenters. The number of para-hydroxylation sites is 1. The smallest absolute Gasteiger partial charge is 0.317 e. The third-order valence-corrected chi connectivity index (χ3v) is 5.78. The molecule has 6 heteroatoms. The zero-order chi connectivity index (χ0) is 15.4. The number of benzene rings is 1. The molecule has 1 aromatic rings. The molecule has 2 amide bonds. The van der Waals surface area contributed by atoms with Gasteiger partial charge in [0.2, 0.25) is 0 Å². The van der Waals surface area contributed by atoms with E-state index in [4.69, 9.17) is 0 Å². The molecular weight excluding hydrogens is 298 g/mol. The molecule has 2 atom stereocenters.